The van der Waals surface area contributed by atoms with Crippen molar-refractivity contribution < 1.29 is 23.8 Å². The number of amides is 1. The van der Waals surface area contributed by atoms with E-state index in [0.29, 0.717) is 46.0 Å². The molecule has 0 saturated carbocycles. The van der Waals surface area contributed by atoms with Gasteiger partial charge in [0.2, 0.25) is 5.91 Å². The smallest absolute Gasteiger partial charge is 0.229 e. The minimum absolute atomic E-state index is 0.0583. The maximum Gasteiger partial charge on any atom is 0.229 e. The van der Waals surface area contributed by atoms with Gasteiger partial charge in [-0.05, 0) is 31.2 Å². The molecule has 12 heteroatoms. The fourth-order valence-electron chi connectivity index (χ4n) is 3.94. The summed E-state index contributed by atoms with van der Waals surface area (Å²) in [6.45, 7) is 5.02. The van der Waals surface area contributed by atoms with Gasteiger partial charge in [0, 0.05) is 35.6 Å². The number of carbonyl (C=O) groups is 1. The monoisotopic (exact) mass is 554 g/mol. The van der Waals surface area contributed by atoms with Crippen molar-refractivity contribution in [1.82, 2.24) is 19.9 Å². The van der Waals surface area contributed by atoms with E-state index in [1.54, 1.807) is 25.4 Å². The number of nitrogens with one attached hydrogen (secondary N) is 2. The zero-order valence-electron chi connectivity index (χ0n) is 21.8. The van der Waals surface area contributed by atoms with Crippen molar-refractivity contribution in [3.63, 3.8) is 0 Å². The summed E-state index contributed by atoms with van der Waals surface area (Å²) in [5, 5.41) is 16.2. The number of para-hydroxylation sites is 1. The first kappa shape index (κ1) is 28.1. The molecule has 0 aliphatic rings. The molecule has 2 aromatic heterocycles. The third-order valence-corrected chi connectivity index (χ3v) is 6.83. The number of hydrogen-bond donors (Lipinski definition) is 3. The number of aliphatic hydroxyl groups excluding tert-OH is 1. The molecule has 0 saturated heterocycles. The summed E-state index contributed by atoms with van der Waals surface area (Å²) in [5.41, 5.74) is 0.805. The topological polar surface area (TPSA) is 122 Å². The van der Waals surface area contributed by atoms with Gasteiger partial charge in [0.25, 0.3) is 0 Å². The molecule has 2 heterocycles. The number of aromatic nitrogens is 3. The molecule has 1 amide bonds. The zero-order valence-corrected chi connectivity index (χ0v) is 22.6. The number of thiazole rings is 1. The molecule has 0 spiro atoms. The van der Waals surface area contributed by atoms with Gasteiger partial charge in [-0.2, -0.15) is 0 Å². The Morgan fingerprint density at radius 2 is 2.00 bits per heavy atom. The molecule has 206 valence electrons. The molecular formula is C27H31FN6O4S. The van der Waals surface area contributed by atoms with Crippen molar-refractivity contribution in [2.75, 3.05) is 50.6 Å². The molecule has 0 aliphatic heterocycles. The van der Waals surface area contributed by atoms with E-state index in [1.807, 2.05) is 12.1 Å². The van der Waals surface area contributed by atoms with Crippen LogP contribution in [0.4, 0.5) is 21.0 Å². The van der Waals surface area contributed by atoms with Crippen LogP contribution in [0, 0.1) is 5.82 Å². The number of likely N-dealkylation sites (N-methyl/N-ethyl adjacent to an activating group) is 1. The van der Waals surface area contributed by atoms with Crippen molar-refractivity contribution in [3.8, 4) is 11.5 Å². The van der Waals surface area contributed by atoms with Crippen LogP contribution in [0.2, 0.25) is 0 Å². The summed E-state index contributed by atoms with van der Waals surface area (Å²) in [7, 11) is 1.57. The summed E-state index contributed by atoms with van der Waals surface area (Å²) in [6, 6.07) is 9.65. The van der Waals surface area contributed by atoms with E-state index in [-0.39, 0.29) is 24.6 Å². The Balaban J connectivity index is 1.41. The number of methoxy groups -OCH3 is 1. The number of nitrogens with zero attached hydrogens (tertiary/aromatic N) is 4. The maximum absolute atomic E-state index is 13.8. The van der Waals surface area contributed by atoms with Gasteiger partial charge in [0.05, 0.1) is 37.9 Å². The normalized spacial score (nSPS) is 11.1. The predicted octanol–water partition coefficient (Wildman–Crippen LogP) is 4.24. The lowest BCUT2D eigenvalue weighted by Crippen LogP contribution is -2.28. The van der Waals surface area contributed by atoms with Crippen LogP contribution in [0.5, 0.6) is 11.5 Å². The molecule has 0 atom stereocenters. The fraction of sp³-hybridized carbons (Fsp3) is 0.333. The average molecular weight is 555 g/mol. The van der Waals surface area contributed by atoms with Gasteiger partial charge < -0.3 is 30.1 Å². The van der Waals surface area contributed by atoms with Gasteiger partial charge in [-0.15, -0.1) is 11.3 Å². The minimum Gasteiger partial charge on any atom is -0.493 e. The third kappa shape index (κ3) is 7.59. The second-order valence-electron chi connectivity index (χ2n) is 8.56. The highest BCUT2D eigenvalue weighted by Gasteiger charge is 2.15. The number of aliphatic hydroxyl groups is 1. The summed E-state index contributed by atoms with van der Waals surface area (Å²) in [6.07, 6.45) is 3.91. The number of benzene rings is 2. The van der Waals surface area contributed by atoms with Crippen LogP contribution in [0.25, 0.3) is 10.9 Å². The molecule has 4 aromatic rings. The van der Waals surface area contributed by atoms with Crippen molar-refractivity contribution in [3.05, 3.63) is 59.6 Å². The summed E-state index contributed by atoms with van der Waals surface area (Å²) >= 11 is 1.30. The maximum atomic E-state index is 13.8. The summed E-state index contributed by atoms with van der Waals surface area (Å²) in [5.74, 6) is 0.836. The first-order chi connectivity index (χ1) is 19.0. The van der Waals surface area contributed by atoms with Crippen LogP contribution in [-0.4, -0.2) is 70.8 Å². The van der Waals surface area contributed by atoms with E-state index >= 15 is 0 Å². The lowest BCUT2D eigenvalue weighted by Gasteiger charge is -2.19. The standard InChI is InChI=1S/C27H31FN6O4S/c1-3-34(10-11-35)9-6-12-38-24-15-22-19(14-23(24)37-2)26(31-17-30-22)33-27-29-16-18(39-27)13-25(36)32-21-8-5-4-7-20(21)28/h4-5,7-8,14-17,35H,3,6,9-13H2,1-2H3,(H,32,36)(H,29,30,31,33). The number of ether oxygens (including phenoxy) is 2. The van der Waals surface area contributed by atoms with Gasteiger partial charge in [-0.1, -0.05) is 19.1 Å². The Labute approximate surface area is 229 Å². The second-order valence-corrected chi connectivity index (χ2v) is 9.68. The van der Waals surface area contributed by atoms with Gasteiger partial charge in [0.1, 0.15) is 18.0 Å². The fourth-order valence-corrected chi connectivity index (χ4v) is 4.75. The summed E-state index contributed by atoms with van der Waals surface area (Å²) in [4.78, 5) is 28.3. The molecule has 0 radical (unpaired) electrons. The van der Waals surface area contributed by atoms with Crippen LogP contribution in [0.3, 0.4) is 0 Å². The lowest BCUT2D eigenvalue weighted by molar-refractivity contribution is -0.115. The number of hydrogen-bond acceptors (Lipinski definition) is 10. The molecule has 0 aliphatic carbocycles. The predicted molar refractivity (Wildman–Crippen MR) is 150 cm³/mol. The SMILES string of the molecule is CCN(CCO)CCCOc1cc2ncnc(Nc3ncc(CC(=O)Nc4ccccc4F)s3)c2cc1OC. The van der Waals surface area contributed by atoms with Gasteiger partial charge in [0.15, 0.2) is 16.6 Å². The molecule has 0 unspecified atom stereocenters. The van der Waals surface area contributed by atoms with Crippen molar-refractivity contribution >= 4 is 44.8 Å². The molecule has 0 bridgehead atoms. The largest absolute Gasteiger partial charge is 0.493 e. The van der Waals surface area contributed by atoms with E-state index in [2.05, 4.69) is 37.4 Å². The molecule has 39 heavy (non-hydrogen) atoms. The van der Waals surface area contributed by atoms with Crippen LogP contribution >= 0.6 is 11.3 Å². The Morgan fingerprint density at radius 1 is 1.15 bits per heavy atom. The van der Waals surface area contributed by atoms with Crippen molar-refractivity contribution in [2.45, 2.75) is 19.8 Å². The number of fused-ring (bicyclic) bond motifs is 1. The average Bonchev–Trinajstić information content (AvgIpc) is 3.37. The number of halogens is 1. The molecule has 10 nitrogen and oxygen atoms in total. The van der Waals surface area contributed by atoms with Crippen LogP contribution in [-0.2, 0) is 11.2 Å². The van der Waals surface area contributed by atoms with Gasteiger partial charge in [-0.25, -0.2) is 19.3 Å². The van der Waals surface area contributed by atoms with E-state index in [4.69, 9.17) is 14.6 Å². The van der Waals surface area contributed by atoms with Crippen LogP contribution in [0.1, 0.15) is 18.2 Å². The van der Waals surface area contributed by atoms with E-state index in [9.17, 15) is 9.18 Å². The third-order valence-electron chi connectivity index (χ3n) is 5.92. The van der Waals surface area contributed by atoms with Gasteiger partial charge >= 0.3 is 0 Å². The van der Waals surface area contributed by atoms with Crippen LogP contribution in [0.15, 0.2) is 48.9 Å². The first-order valence-electron chi connectivity index (χ1n) is 12.6. The Bertz CT molecular complexity index is 1400. The highest BCUT2D eigenvalue weighted by Crippen LogP contribution is 2.35. The van der Waals surface area contributed by atoms with Crippen LogP contribution < -0.4 is 20.1 Å². The van der Waals surface area contributed by atoms with E-state index in [1.165, 1.54) is 29.8 Å². The highest BCUT2D eigenvalue weighted by atomic mass is 32.1. The van der Waals surface area contributed by atoms with Crippen molar-refractivity contribution in [1.29, 1.82) is 0 Å². The Morgan fingerprint density at radius 3 is 2.77 bits per heavy atom. The quantitative estimate of drug-likeness (QED) is 0.197. The first-order valence-corrected chi connectivity index (χ1v) is 13.4. The van der Waals surface area contributed by atoms with Gasteiger partial charge in [-0.3, -0.25) is 4.79 Å². The summed E-state index contributed by atoms with van der Waals surface area (Å²) < 4.78 is 25.4. The Hall–Kier alpha value is -3.87. The van der Waals surface area contributed by atoms with E-state index in [0.717, 1.165) is 24.9 Å². The molecule has 3 N–H and O–H groups in total. The second kappa shape index (κ2) is 13.8. The lowest BCUT2D eigenvalue weighted by atomic mass is 10.2. The molecule has 2 aromatic carbocycles. The zero-order chi connectivity index (χ0) is 27.6. The number of anilines is 3. The van der Waals surface area contributed by atoms with E-state index < -0.39 is 5.82 Å². The number of carbonyl (C=O) groups excluding carboxylic acids is 1. The van der Waals surface area contributed by atoms with Crippen molar-refractivity contribution in [2.24, 2.45) is 0 Å². The molecule has 0 fully saturated rings. The Kier molecular flexibility index (Phi) is 9.95. The number of rotatable bonds is 14. The molecular weight excluding hydrogens is 523 g/mol. The highest BCUT2D eigenvalue weighted by molar-refractivity contribution is 7.15. The minimum atomic E-state index is -0.488. The molecule has 4 rings (SSSR count).